The molecule has 2 rings (SSSR count). The van der Waals surface area contributed by atoms with Crippen molar-refractivity contribution in [2.24, 2.45) is 0 Å². The molecule has 0 aromatic heterocycles. The third-order valence-electron chi connectivity index (χ3n) is 3.86. The predicted molar refractivity (Wildman–Crippen MR) is 94.6 cm³/mol. The SMILES string of the molecule is CCOc1ccc(OC(C)C(=O)NNC(=O)CCN2C(=O)CCC2=O)cc1. The Morgan fingerprint density at radius 2 is 1.67 bits per heavy atom. The number of carbonyl (C=O) groups excluding carboxylic acids is 4. The zero-order chi connectivity index (χ0) is 19.8. The van der Waals surface area contributed by atoms with Crippen LogP contribution in [-0.4, -0.2) is 47.8 Å². The van der Waals surface area contributed by atoms with Gasteiger partial charge in [0.25, 0.3) is 5.91 Å². The van der Waals surface area contributed by atoms with Gasteiger partial charge < -0.3 is 9.47 Å². The fourth-order valence-electron chi connectivity index (χ4n) is 2.42. The summed E-state index contributed by atoms with van der Waals surface area (Å²) in [4.78, 5) is 47.7. The Balaban J connectivity index is 1.71. The number of hydrogen-bond acceptors (Lipinski definition) is 6. The Bertz CT molecular complexity index is 688. The minimum atomic E-state index is -0.843. The van der Waals surface area contributed by atoms with Crippen LogP contribution in [0.25, 0.3) is 0 Å². The first-order chi connectivity index (χ1) is 12.9. The van der Waals surface area contributed by atoms with Gasteiger partial charge in [0.05, 0.1) is 6.61 Å². The molecule has 1 atom stereocenters. The van der Waals surface area contributed by atoms with Gasteiger partial charge in [-0.2, -0.15) is 0 Å². The summed E-state index contributed by atoms with van der Waals surface area (Å²) in [6.45, 7) is 3.97. The van der Waals surface area contributed by atoms with Crippen molar-refractivity contribution >= 4 is 23.6 Å². The van der Waals surface area contributed by atoms with Gasteiger partial charge in [0.1, 0.15) is 11.5 Å². The summed E-state index contributed by atoms with van der Waals surface area (Å²) in [7, 11) is 0. The lowest BCUT2D eigenvalue weighted by Gasteiger charge is -2.16. The standard InChI is InChI=1S/C18H23N3O6/c1-3-26-13-4-6-14(7-5-13)27-12(2)18(25)20-19-15(22)10-11-21-16(23)8-9-17(21)24/h4-7,12H,3,8-11H2,1-2H3,(H,19,22)(H,20,25). The van der Waals surface area contributed by atoms with Crippen LogP contribution in [0.3, 0.4) is 0 Å². The zero-order valence-electron chi connectivity index (χ0n) is 15.3. The van der Waals surface area contributed by atoms with E-state index in [0.29, 0.717) is 18.1 Å². The third kappa shape index (κ3) is 5.98. The summed E-state index contributed by atoms with van der Waals surface area (Å²) in [5.41, 5.74) is 4.50. The summed E-state index contributed by atoms with van der Waals surface area (Å²) in [6.07, 6.45) is -0.578. The van der Waals surface area contributed by atoms with Crippen LogP contribution in [0.4, 0.5) is 0 Å². The second kappa shape index (κ2) is 9.56. The summed E-state index contributed by atoms with van der Waals surface area (Å²) in [5, 5.41) is 0. The van der Waals surface area contributed by atoms with Gasteiger partial charge >= 0.3 is 0 Å². The molecule has 2 N–H and O–H groups in total. The van der Waals surface area contributed by atoms with Crippen molar-refractivity contribution in [3.05, 3.63) is 24.3 Å². The molecule has 1 unspecified atom stereocenters. The number of ether oxygens (including phenoxy) is 2. The van der Waals surface area contributed by atoms with E-state index in [4.69, 9.17) is 9.47 Å². The van der Waals surface area contributed by atoms with Crippen LogP contribution in [0.1, 0.15) is 33.1 Å². The molecule has 27 heavy (non-hydrogen) atoms. The summed E-state index contributed by atoms with van der Waals surface area (Å²) >= 11 is 0. The first kappa shape index (κ1) is 20.2. The Labute approximate surface area is 157 Å². The van der Waals surface area contributed by atoms with Crippen molar-refractivity contribution in [1.82, 2.24) is 15.8 Å². The van der Waals surface area contributed by atoms with Crippen molar-refractivity contribution in [3.63, 3.8) is 0 Å². The number of hydrogen-bond donors (Lipinski definition) is 2. The highest BCUT2D eigenvalue weighted by molar-refractivity contribution is 6.02. The minimum Gasteiger partial charge on any atom is -0.494 e. The number of nitrogens with one attached hydrogen (secondary N) is 2. The molecule has 0 bridgehead atoms. The topological polar surface area (TPSA) is 114 Å². The van der Waals surface area contributed by atoms with E-state index in [1.807, 2.05) is 6.92 Å². The van der Waals surface area contributed by atoms with Gasteiger partial charge in [-0.3, -0.25) is 34.9 Å². The highest BCUT2D eigenvalue weighted by Gasteiger charge is 2.28. The number of likely N-dealkylation sites (tertiary alicyclic amines) is 1. The Morgan fingerprint density at radius 1 is 1.07 bits per heavy atom. The number of nitrogens with zero attached hydrogens (tertiary/aromatic N) is 1. The molecular weight excluding hydrogens is 354 g/mol. The summed E-state index contributed by atoms with van der Waals surface area (Å²) in [6, 6.07) is 6.81. The Kier molecular flexibility index (Phi) is 7.16. The number of amides is 4. The van der Waals surface area contributed by atoms with Gasteiger partial charge in [0.2, 0.25) is 17.7 Å². The lowest BCUT2D eigenvalue weighted by atomic mass is 10.3. The highest BCUT2D eigenvalue weighted by atomic mass is 16.5. The largest absolute Gasteiger partial charge is 0.494 e. The Hall–Kier alpha value is -3.10. The Morgan fingerprint density at radius 3 is 2.26 bits per heavy atom. The van der Waals surface area contributed by atoms with E-state index in [-0.39, 0.29) is 37.6 Å². The lowest BCUT2D eigenvalue weighted by molar-refractivity contribution is -0.139. The fourth-order valence-corrected chi connectivity index (χ4v) is 2.42. The molecule has 1 fully saturated rings. The van der Waals surface area contributed by atoms with Crippen LogP contribution in [0.5, 0.6) is 11.5 Å². The molecule has 9 nitrogen and oxygen atoms in total. The average Bonchev–Trinajstić information content (AvgIpc) is 2.97. The van der Waals surface area contributed by atoms with Gasteiger partial charge in [0, 0.05) is 25.8 Å². The molecule has 4 amide bonds. The van der Waals surface area contributed by atoms with Gasteiger partial charge in [-0.1, -0.05) is 0 Å². The second-order valence-corrected chi connectivity index (χ2v) is 5.89. The molecule has 146 valence electrons. The molecule has 0 radical (unpaired) electrons. The molecule has 1 aliphatic rings. The van der Waals surface area contributed by atoms with E-state index in [1.165, 1.54) is 0 Å². The number of carbonyl (C=O) groups is 4. The fraction of sp³-hybridized carbons (Fsp3) is 0.444. The lowest BCUT2D eigenvalue weighted by Crippen LogP contribution is -2.47. The maximum absolute atomic E-state index is 12.0. The molecule has 1 heterocycles. The highest BCUT2D eigenvalue weighted by Crippen LogP contribution is 2.18. The quantitative estimate of drug-likeness (QED) is 0.505. The van der Waals surface area contributed by atoms with E-state index in [0.717, 1.165) is 4.90 Å². The number of rotatable bonds is 8. The van der Waals surface area contributed by atoms with E-state index < -0.39 is 17.9 Å². The molecule has 9 heteroatoms. The van der Waals surface area contributed by atoms with Crippen molar-refractivity contribution in [2.75, 3.05) is 13.2 Å². The normalized spacial score (nSPS) is 14.7. The van der Waals surface area contributed by atoms with Gasteiger partial charge in [-0.05, 0) is 38.1 Å². The van der Waals surface area contributed by atoms with Crippen LogP contribution in [-0.2, 0) is 19.2 Å². The van der Waals surface area contributed by atoms with E-state index in [2.05, 4.69) is 10.9 Å². The van der Waals surface area contributed by atoms with E-state index in [1.54, 1.807) is 31.2 Å². The van der Waals surface area contributed by atoms with Crippen molar-refractivity contribution in [2.45, 2.75) is 39.2 Å². The predicted octanol–water partition coefficient (Wildman–Crippen LogP) is 0.539. The van der Waals surface area contributed by atoms with Crippen molar-refractivity contribution < 1.29 is 28.7 Å². The van der Waals surface area contributed by atoms with E-state index in [9.17, 15) is 19.2 Å². The molecule has 1 aromatic carbocycles. The van der Waals surface area contributed by atoms with Crippen LogP contribution >= 0.6 is 0 Å². The smallest absolute Gasteiger partial charge is 0.279 e. The van der Waals surface area contributed by atoms with Crippen molar-refractivity contribution in [1.29, 1.82) is 0 Å². The zero-order valence-corrected chi connectivity index (χ0v) is 15.3. The number of benzene rings is 1. The maximum atomic E-state index is 12.0. The number of imide groups is 1. The van der Waals surface area contributed by atoms with Crippen LogP contribution in [0, 0.1) is 0 Å². The molecule has 0 spiro atoms. The molecular formula is C18H23N3O6. The van der Waals surface area contributed by atoms with E-state index >= 15 is 0 Å². The van der Waals surface area contributed by atoms with Gasteiger partial charge in [-0.25, -0.2) is 0 Å². The van der Waals surface area contributed by atoms with Crippen LogP contribution in [0.2, 0.25) is 0 Å². The molecule has 1 aliphatic heterocycles. The summed E-state index contributed by atoms with van der Waals surface area (Å²) < 4.78 is 10.8. The first-order valence-corrected chi connectivity index (χ1v) is 8.72. The first-order valence-electron chi connectivity index (χ1n) is 8.72. The molecule has 0 saturated carbocycles. The maximum Gasteiger partial charge on any atom is 0.279 e. The third-order valence-corrected chi connectivity index (χ3v) is 3.86. The average molecular weight is 377 g/mol. The molecule has 1 aromatic rings. The number of hydrazine groups is 1. The molecule has 0 aliphatic carbocycles. The minimum absolute atomic E-state index is 0.00238. The monoisotopic (exact) mass is 377 g/mol. The van der Waals surface area contributed by atoms with Crippen LogP contribution in [0.15, 0.2) is 24.3 Å². The van der Waals surface area contributed by atoms with Crippen LogP contribution < -0.4 is 20.3 Å². The molecule has 1 saturated heterocycles. The van der Waals surface area contributed by atoms with Crippen molar-refractivity contribution in [3.8, 4) is 11.5 Å². The van der Waals surface area contributed by atoms with Gasteiger partial charge in [-0.15, -0.1) is 0 Å². The summed E-state index contributed by atoms with van der Waals surface area (Å²) in [5.74, 6) is -0.430. The van der Waals surface area contributed by atoms with Gasteiger partial charge in [0.15, 0.2) is 6.10 Å². The second-order valence-electron chi connectivity index (χ2n) is 5.89.